The number of nitrogens with zero attached hydrogens (tertiary/aromatic N) is 4. The van der Waals surface area contributed by atoms with Gasteiger partial charge in [-0.05, 0) is 23.3 Å². The first-order chi connectivity index (χ1) is 14.0. The molecule has 0 aromatic heterocycles. The highest BCUT2D eigenvalue weighted by molar-refractivity contribution is 5.76. The van der Waals surface area contributed by atoms with Crippen molar-refractivity contribution in [2.24, 2.45) is 0 Å². The SMILES string of the molecule is O=[N+]([O-])c1ccc(CN2CN(Cc3ccc([N+](=O)[O-])cc3)c3ccccc32)cc1. The van der Waals surface area contributed by atoms with Crippen molar-refractivity contribution in [1.82, 2.24) is 0 Å². The second-order valence-electron chi connectivity index (χ2n) is 6.87. The van der Waals surface area contributed by atoms with Gasteiger partial charge in [0.05, 0.1) is 27.9 Å². The van der Waals surface area contributed by atoms with Crippen LogP contribution in [0, 0.1) is 20.2 Å². The molecule has 0 aliphatic carbocycles. The van der Waals surface area contributed by atoms with E-state index in [-0.39, 0.29) is 11.4 Å². The summed E-state index contributed by atoms with van der Waals surface area (Å²) in [5, 5.41) is 21.7. The van der Waals surface area contributed by atoms with Crippen LogP contribution in [0.4, 0.5) is 22.7 Å². The van der Waals surface area contributed by atoms with E-state index in [9.17, 15) is 20.2 Å². The minimum atomic E-state index is -0.402. The summed E-state index contributed by atoms with van der Waals surface area (Å²) in [5.74, 6) is 0. The van der Waals surface area contributed by atoms with Crippen molar-refractivity contribution in [3.8, 4) is 0 Å². The maximum Gasteiger partial charge on any atom is 0.269 e. The van der Waals surface area contributed by atoms with Gasteiger partial charge in [-0.15, -0.1) is 0 Å². The molecule has 1 aliphatic rings. The van der Waals surface area contributed by atoms with E-state index in [1.807, 2.05) is 12.1 Å². The second kappa shape index (κ2) is 7.59. The van der Waals surface area contributed by atoms with Crippen LogP contribution < -0.4 is 9.80 Å². The standard InChI is InChI=1S/C21H18N4O4/c26-24(27)18-9-5-16(6-10-18)13-22-15-23(21-4-2-1-3-20(21)22)14-17-7-11-19(12-8-17)25(28)29/h1-12H,13-15H2. The van der Waals surface area contributed by atoms with Crippen molar-refractivity contribution in [3.63, 3.8) is 0 Å². The van der Waals surface area contributed by atoms with E-state index >= 15 is 0 Å². The molecule has 0 bridgehead atoms. The number of nitro benzene ring substituents is 2. The van der Waals surface area contributed by atoms with Gasteiger partial charge in [0, 0.05) is 37.4 Å². The van der Waals surface area contributed by atoms with E-state index in [2.05, 4.69) is 21.9 Å². The summed E-state index contributed by atoms with van der Waals surface area (Å²) in [4.78, 5) is 25.3. The number of rotatable bonds is 6. The van der Waals surface area contributed by atoms with Gasteiger partial charge in [-0.2, -0.15) is 0 Å². The molecular formula is C21H18N4O4. The fourth-order valence-electron chi connectivity index (χ4n) is 3.51. The number of hydrogen-bond donors (Lipinski definition) is 0. The molecule has 3 aromatic carbocycles. The minimum absolute atomic E-state index is 0.0790. The predicted octanol–water partition coefficient (Wildman–Crippen LogP) is 4.49. The zero-order chi connectivity index (χ0) is 20.4. The molecule has 0 spiro atoms. The molecule has 4 rings (SSSR count). The van der Waals surface area contributed by atoms with Gasteiger partial charge in [0.25, 0.3) is 11.4 Å². The summed E-state index contributed by atoms with van der Waals surface area (Å²) in [7, 11) is 0. The van der Waals surface area contributed by atoms with Crippen LogP contribution in [-0.2, 0) is 13.1 Å². The lowest BCUT2D eigenvalue weighted by molar-refractivity contribution is -0.385. The Balaban J connectivity index is 1.52. The van der Waals surface area contributed by atoms with Crippen molar-refractivity contribution in [2.75, 3.05) is 16.5 Å². The van der Waals surface area contributed by atoms with Crippen LogP contribution in [0.15, 0.2) is 72.8 Å². The number of anilines is 2. The molecule has 8 nitrogen and oxygen atoms in total. The Morgan fingerprint density at radius 1 is 0.655 bits per heavy atom. The van der Waals surface area contributed by atoms with Gasteiger partial charge < -0.3 is 9.80 Å². The zero-order valence-corrected chi connectivity index (χ0v) is 15.5. The Morgan fingerprint density at radius 2 is 1.03 bits per heavy atom. The summed E-state index contributed by atoms with van der Waals surface area (Å²) in [6.45, 7) is 1.92. The van der Waals surface area contributed by atoms with Gasteiger partial charge >= 0.3 is 0 Å². The molecule has 0 amide bonds. The molecule has 8 heteroatoms. The lowest BCUT2D eigenvalue weighted by Crippen LogP contribution is -2.30. The third-order valence-corrected chi connectivity index (χ3v) is 4.95. The predicted molar refractivity (Wildman–Crippen MR) is 110 cm³/mol. The summed E-state index contributed by atoms with van der Waals surface area (Å²) >= 11 is 0. The number of para-hydroxylation sites is 2. The van der Waals surface area contributed by atoms with Crippen LogP contribution in [0.3, 0.4) is 0 Å². The molecular weight excluding hydrogens is 372 g/mol. The van der Waals surface area contributed by atoms with Gasteiger partial charge in [-0.1, -0.05) is 36.4 Å². The fourth-order valence-corrected chi connectivity index (χ4v) is 3.51. The topological polar surface area (TPSA) is 92.8 Å². The van der Waals surface area contributed by atoms with Gasteiger partial charge in [0.2, 0.25) is 0 Å². The number of benzene rings is 3. The minimum Gasteiger partial charge on any atom is -0.348 e. The van der Waals surface area contributed by atoms with E-state index in [1.54, 1.807) is 24.3 Å². The van der Waals surface area contributed by atoms with Crippen LogP contribution in [0.25, 0.3) is 0 Å². The summed E-state index contributed by atoms with van der Waals surface area (Å²) in [6, 6.07) is 21.3. The monoisotopic (exact) mass is 390 g/mol. The molecule has 3 aromatic rings. The van der Waals surface area contributed by atoms with Gasteiger partial charge in [0.1, 0.15) is 0 Å². The zero-order valence-electron chi connectivity index (χ0n) is 15.5. The number of fused-ring (bicyclic) bond motifs is 1. The van der Waals surface area contributed by atoms with Crippen LogP contribution in [0.5, 0.6) is 0 Å². The first kappa shape index (κ1) is 18.4. The summed E-state index contributed by atoms with van der Waals surface area (Å²) in [6.07, 6.45) is 0. The van der Waals surface area contributed by atoms with Crippen molar-refractivity contribution >= 4 is 22.7 Å². The molecule has 146 valence electrons. The van der Waals surface area contributed by atoms with Crippen LogP contribution >= 0.6 is 0 Å². The Hall–Kier alpha value is -3.94. The number of hydrogen-bond acceptors (Lipinski definition) is 6. The Morgan fingerprint density at radius 3 is 1.38 bits per heavy atom. The maximum atomic E-state index is 10.8. The molecule has 0 saturated heterocycles. The Kier molecular flexibility index (Phi) is 4.82. The summed E-state index contributed by atoms with van der Waals surface area (Å²) < 4.78 is 0. The maximum absolute atomic E-state index is 10.8. The fraction of sp³-hybridized carbons (Fsp3) is 0.143. The van der Waals surface area contributed by atoms with Crippen LogP contribution in [-0.4, -0.2) is 16.5 Å². The molecule has 29 heavy (non-hydrogen) atoms. The number of nitro groups is 2. The molecule has 0 N–H and O–H groups in total. The third kappa shape index (κ3) is 3.86. The smallest absolute Gasteiger partial charge is 0.269 e. The molecule has 0 unspecified atom stereocenters. The van der Waals surface area contributed by atoms with Crippen LogP contribution in [0.2, 0.25) is 0 Å². The van der Waals surface area contributed by atoms with Crippen molar-refractivity contribution < 1.29 is 9.85 Å². The highest BCUT2D eigenvalue weighted by atomic mass is 16.6. The van der Waals surface area contributed by atoms with E-state index in [4.69, 9.17) is 0 Å². The first-order valence-corrected chi connectivity index (χ1v) is 9.07. The quantitative estimate of drug-likeness (QED) is 0.455. The Labute approximate surface area is 166 Å². The molecule has 0 atom stereocenters. The molecule has 1 heterocycles. The van der Waals surface area contributed by atoms with Crippen molar-refractivity contribution in [2.45, 2.75) is 13.1 Å². The molecule has 0 fully saturated rings. The molecule has 1 aliphatic heterocycles. The van der Waals surface area contributed by atoms with E-state index in [0.717, 1.165) is 22.5 Å². The summed E-state index contributed by atoms with van der Waals surface area (Å²) in [5.41, 5.74) is 4.32. The Bertz CT molecular complexity index is 967. The van der Waals surface area contributed by atoms with E-state index < -0.39 is 9.85 Å². The highest BCUT2D eigenvalue weighted by Gasteiger charge is 2.25. The molecule has 0 saturated carbocycles. The third-order valence-electron chi connectivity index (χ3n) is 4.95. The van der Waals surface area contributed by atoms with E-state index in [0.29, 0.717) is 19.8 Å². The van der Waals surface area contributed by atoms with Gasteiger partial charge in [-0.3, -0.25) is 20.2 Å². The lowest BCUT2D eigenvalue weighted by Gasteiger charge is -2.22. The average molecular weight is 390 g/mol. The normalized spacial score (nSPS) is 12.7. The van der Waals surface area contributed by atoms with Crippen LogP contribution in [0.1, 0.15) is 11.1 Å². The molecule has 0 radical (unpaired) electrons. The highest BCUT2D eigenvalue weighted by Crippen LogP contribution is 2.37. The lowest BCUT2D eigenvalue weighted by atomic mass is 10.2. The average Bonchev–Trinajstić information content (AvgIpc) is 3.06. The van der Waals surface area contributed by atoms with Gasteiger partial charge in [0.15, 0.2) is 0 Å². The number of non-ortho nitro benzene ring substituents is 2. The first-order valence-electron chi connectivity index (χ1n) is 9.07. The largest absolute Gasteiger partial charge is 0.348 e. The van der Waals surface area contributed by atoms with Gasteiger partial charge in [-0.25, -0.2) is 0 Å². The van der Waals surface area contributed by atoms with E-state index in [1.165, 1.54) is 24.3 Å². The van der Waals surface area contributed by atoms with Crippen molar-refractivity contribution in [3.05, 3.63) is 104 Å². The second-order valence-corrected chi connectivity index (χ2v) is 6.87. The van der Waals surface area contributed by atoms with Crippen molar-refractivity contribution in [1.29, 1.82) is 0 Å².